The second-order valence-electron chi connectivity index (χ2n) is 5.75. The van der Waals surface area contributed by atoms with Crippen LogP contribution in [0.1, 0.15) is 18.4 Å². The van der Waals surface area contributed by atoms with Gasteiger partial charge in [-0.2, -0.15) is 0 Å². The molecule has 1 aliphatic heterocycles. The van der Waals surface area contributed by atoms with Crippen molar-refractivity contribution in [1.82, 2.24) is 4.90 Å². The Morgan fingerprint density at radius 2 is 2.32 bits per heavy atom. The Kier molecular flexibility index (Phi) is 6.20. The standard InChI is InChI=1S/C16H24ClN3O2/c1-11-3-4-12(17)7-15(11)19-16(21)10-20-6-5-14(22-2)8-13(20)9-18/h3-4,7,13-14H,5-6,8-10,18H2,1-2H3,(H,19,21). The fourth-order valence-corrected chi connectivity index (χ4v) is 3.01. The van der Waals surface area contributed by atoms with Crippen LogP contribution >= 0.6 is 11.6 Å². The van der Waals surface area contributed by atoms with Crippen LogP contribution in [0.3, 0.4) is 0 Å². The first-order valence-corrected chi connectivity index (χ1v) is 7.94. The number of carbonyl (C=O) groups excluding carboxylic acids is 1. The number of benzene rings is 1. The molecule has 0 radical (unpaired) electrons. The Morgan fingerprint density at radius 3 is 3.00 bits per heavy atom. The van der Waals surface area contributed by atoms with Crippen molar-refractivity contribution in [2.45, 2.75) is 31.9 Å². The third kappa shape index (κ3) is 4.43. The fourth-order valence-electron chi connectivity index (χ4n) is 2.83. The van der Waals surface area contributed by atoms with E-state index in [1.54, 1.807) is 13.2 Å². The number of likely N-dealkylation sites (tertiary alicyclic amines) is 1. The van der Waals surface area contributed by atoms with Crippen LogP contribution < -0.4 is 11.1 Å². The lowest BCUT2D eigenvalue weighted by molar-refractivity contribution is -0.118. The second-order valence-corrected chi connectivity index (χ2v) is 6.19. The van der Waals surface area contributed by atoms with Crippen molar-refractivity contribution in [3.05, 3.63) is 28.8 Å². The molecule has 1 heterocycles. The van der Waals surface area contributed by atoms with Crippen molar-refractivity contribution in [1.29, 1.82) is 0 Å². The second kappa shape index (κ2) is 7.92. The molecule has 122 valence electrons. The minimum absolute atomic E-state index is 0.0420. The average molecular weight is 326 g/mol. The van der Waals surface area contributed by atoms with E-state index in [2.05, 4.69) is 10.2 Å². The number of hydrogen-bond donors (Lipinski definition) is 2. The zero-order chi connectivity index (χ0) is 16.1. The van der Waals surface area contributed by atoms with Crippen molar-refractivity contribution in [2.75, 3.05) is 32.1 Å². The molecule has 0 spiro atoms. The van der Waals surface area contributed by atoms with Crippen molar-refractivity contribution >= 4 is 23.2 Å². The fraction of sp³-hybridized carbons (Fsp3) is 0.562. The number of nitrogens with two attached hydrogens (primary N) is 1. The van der Waals surface area contributed by atoms with Crippen LogP contribution in [0.15, 0.2) is 18.2 Å². The summed E-state index contributed by atoms with van der Waals surface area (Å²) in [6.07, 6.45) is 2.04. The summed E-state index contributed by atoms with van der Waals surface area (Å²) in [5.41, 5.74) is 7.59. The molecule has 1 aliphatic rings. The molecule has 1 aromatic rings. The summed E-state index contributed by atoms with van der Waals surface area (Å²) in [4.78, 5) is 14.4. The zero-order valence-corrected chi connectivity index (χ0v) is 13.9. The summed E-state index contributed by atoms with van der Waals surface area (Å²) in [5.74, 6) is -0.0420. The van der Waals surface area contributed by atoms with Crippen molar-refractivity contribution in [3.8, 4) is 0 Å². The number of nitrogens with one attached hydrogen (secondary N) is 1. The number of methoxy groups -OCH3 is 1. The minimum atomic E-state index is -0.0420. The maximum absolute atomic E-state index is 12.3. The number of piperidine rings is 1. The van der Waals surface area contributed by atoms with Gasteiger partial charge >= 0.3 is 0 Å². The molecule has 2 unspecified atom stereocenters. The van der Waals surface area contributed by atoms with E-state index in [0.717, 1.165) is 30.6 Å². The molecule has 2 rings (SSSR count). The van der Waals surface area contributed by atoms with Crippen molar-refractivity contribution < 1.29 is 9.53 Å². The number of amides is 1. The summed E-state index contributed by atoms with van der Waals surface area (Å²) in [6, 6.07) is 5.66. The van der Waals surface area contributed by atoms with E-state index < -0.39 is 0 Å². The predicted octanol–water partition coefficient (Wildman–Crippen LogP) is 2.03. The molecule has 0 bridgehead atoms. The highest BCUT2D eigenvalue weighted by Gasteiger charge is 2.28. The predicted molar refractivity (Wildman–Crippen MR) is 89.3 cm³/mol. The number of halogens is 1. The van der Waals surface area contributed by atoms with Crippen LogP contribution in [0, 0.1) is 6.92 Å². The first-order valence-electron chi connectivity index (χ1n) is 7.56. The van der Waals surface area contributed by atoms with Gasteiger partial charge in [-0.15, -0.1) is 0 Å². The molecule has 5 nitrogen and oxygen atoms in total. The minimum Gasteiger partial charge on any atom is -0.381 e. The molecule has 6 heteroatoms. The van der Waals surface area contributed by atoms with E-state index in [0.29, 0.717) is 18.1 Å². The summed E-state index contributed by atoms with van der Waals surface area (Å²) in [5, 5.41) is 3.54. The summed E-state index contributed by atoms with van der Waals surface area (Å²) >= 11 is 5.98. The van der Waals surface area contributed by atoms with Gasteiger partial charge in [0.1, 0.15) is 0 Å². The molecular formula is C16H24ClN3O2. The van der Waals surface area contributed by atoms with Gasteiger partial charge in [0.25, 0.3) is 0 Å². The Balaban J connectivity index is 1.95. The van der Waals surface area contributed by atoms with Crippen LogP contribution in [0.4, 0.5) is 5.69 Å². The van der Waals surface area contributed by atoms with Gasteiger partial charge < -0.3 is 15.8 Å². The lowest BCUT2D eigenvalue weighted by Gasteiger charge is -2.37. The first kappa shape index (κ1) is 17.2. The molecular weight excluding hydrogens is 302 g/mol. The van der Waals surface area contributed by atoms with Crippen LogP contribution in [-0.2, 0) is 9.53 Å². The average Bonchev–Trinajstić information content (AvgIpc) is 2.51. The van der Waals surface area contributed by atoms with Gasteiger partial charge in [-0.05, 0) is 37.5 Å². The lowest BCUT2D eigenvalue weighted by Crippen LogP contribution is -2.51. The number of anilines is 1. The van der Waals surface area contributed by atoms with Gasteiger partial charge in [-0.1, -0.05) is 17.7 Å². The van der Waals surface area contributed by atoms with Gasteiger partial charge in [0.2, 0.25) is 5.91 Å². The summed E-state index contributed by atoms with van der Waals surface area (Å²) < 4.78 is 5.40. The number of ether oxygens (including phenoxy) is 1. The molecule has 1 aromatic carbocycles. The monoisotopic (exact) mass is 325 g/mol. The molecule has 22 heavy (non-hydrogen) atoms. The molecule has 0 aliphatic carbocycles. The van der Waals surface area contributed by atoms with E-state index in [9.17, 15) is 4.79 Å². The Bertz CT molecular complexity index is 524. The number of carbonyl (C=O) groups is 1. The highest BCUT2D eigenvalue weighted by molar-refractivity contribution is 6.31. The van der Waals surface area contributed by atoms with Crippen LogP contribution in [0.2, 0.25) is 5.02 Å². The number of nitrogens with zero attached hydrogens (tertiary/aromatic N) is 1. The lowest BCUT2D eigenvalue weighted by atomic mass is 9.99. The molecule has 2 atom stereocenters. The summed E-state index contributed by atoms with van der Waals surface area (Å²) in [7, 11) is 1.72. The van der Waals surface area contributed by atoms with Crippen LogP contribution in [0.25, 0.3) is 0 Å². The molecule has 1 fully saturated rings. The maximum atomic E-state index is 12.3. The van der Waals surface area contributed by atoms with Gasteiger partial charge in [-0.25, -0.2) is 0 Å². The quantitative estimate of drug-likeness (QED) is 0.869. The molecule has 0 saturated carbocycles. The maximum Gasteiger partial charge on any atom is 0.238 e. The number of rotatable bonds is 5. The van der Waals surface area contributed by atoms with Gasteiger partial charge in [0.05, 0.1) is 12.6 Å². The van der Waals surface area contributed by atoms with Crippen LogP contribution in [0.5, 0.6) is 0 Å². The highest BCUT2D eigenvalue weighted by atomic mass is 35.5. The van der Waals surface area contributed by atoms with Crippen LogP contribution in [-0.4, -0.2) is 49.7 Å². The van der Waals surface area contributed by atoms with E-state index in [-0.39, 0.29) is 18.1 Å². The topological polar surface area (TPSA) is 67.6 Å². The van der Waals surface area contributed by atoms with Gasteiger partial charge in [0, 0.05) is 37.0 Å². The Labute approximate surface area is 136 Å². The third-order valence-corrected chi connectivity index (χ3v) is 4.45. The van der Waals surface area contributed by atoms with Gasteiger partial charge in [-0.3, -0.25) is 9.69 Å². The third-order valence-electron chi connectivity index (χ3n) is 4.22. The largest absolute Gasteiger partial charge is 0.381 e. The van der Waals surface area contributed by atoms with E-state index >= 15 is 0 Å². The zero-order valence-electron chi connectivity index (χ0n) is 13.1. The highest BCUT2D eigenvalue weighted by Crippen LogP contribution is 2.21. The molecule has 1 saturated heterocycles. The molecule has 1 amide bonds. The van der Waals surface area contributed by atoms with E-state index in [1.165, 1.54) is 0 Å². The van der Waals surface area contributed by atoms with Gasteiger partial charge in [0.15, 0.2) is 0 Å². The first-order chi connectivity index (χ1) is 10.5. The summed E-state index contributed by atoms with van der Waals surface area (Å²) in [6.45, 7) is 3.63. The van der Waals surface area contributed by atoms with E-state index in [4.69, 9.17) is 22.1 Å². The van der Waals surface area contributed by atoms with Crippen molar-refractivity contribution in [3.63, 3.8) is 0 Å². The van der Waals surface area contributed by atoms with E-state index in [1.807, 2.05) is 19.1 Å². The normalized spacial score (nSPS) is 22.5. The Morgan fingerprint density at radius 1 is 1.55 bits per heavy atom. The smallest absolute Gasteiger partial charge is 0.238 e. The van der Waals surface area contributed by atoms with Crippen molar-refractivity contribution in [2.24, 2.45) is 5.73 Å². The Hall–Kier alpha value is -1.14. The molecule has 0 aromatic heterocycles. The SMILES string of the molecule is COC1CCN(CC(=O)Nc2cc(Cl)ccc2C)C(CN)C1. The molecule has 3 N–H and O–H groups in total. The number of aryl methyl sites for hydroxylation is 1. The number of hydrogen-bond acceptors (Lipinski definition) is 4.